The van der Waals surface area contributed by atoms with E-state index >= 15 is 0 Å². The lowest BCUT2D eigenvalue weighted by Gasteiger charge is -2.37. The Bertz CT molecular complexity index is 1610. The van der Waals surface area contributed by atoms with E-state index in [0.29, 0.717) is 26.2 Å². The summed E-state index contributed by atoms with van der Waals surface area (Å²) in [6.45, 7) is 5.24. The Labute approximate surface area is 275 Å². The molecule has 2 saturated heterocycles. The summed E-state index contributed by atoms with van der Waals surface area (Å²) >= 11 is 6.46. The van der Waals surface area contributed by atoms with Crippen LogP contribution in [0.2, 0.25) is 5.02 Å². The van der Waals surface area contributed by atoms with Gasteiger partial charge in [0.1, 0.15) is 0 Å². The highest BCUT2D eigenvalue weighted by Gasteiger charge is 2.38. The molecule has 2 N–H and O–H groups in total. The van der Waals surface area contributed by atoms with Crippen LogP contribution in [0.4, 0.5) is 18.9 Å². The Morgan fingerprint density at radius 3 is 2.41 bits per heavy atom. The zero-order chi connectivity index (χ0) is 32.3. The minimum Gasteiger partial charge on any atom is -0.339 e. The van der Waals surface area contributed by atoms with E-state index < -0.39 is 17.8 Å². The third-order valence-corrected chi connectivity index (χ3v) is 8.36. The van der Waals surface area contributed by atoms with Crippen LogP contribution >= 0.6 is 24.0 Å². The standard InChI is InChI=1S/C30H34ClF3N8O3.ClH/c1-3-4-11-42-18-22(25(38-42)30(32,33)34)24-17-36-26(39(24)2)27(43)37-20-5-6-21(23(31)16-20)29(45)41-14-12-40(13-15-41)28(44)19-7-9-35-10-8-19;/h3-6,16-19,35H,7-15H2,1-2H3,(H,37,43);1H. The third-order valence-electron chi connectivity index (χ3n) is 8.05. The number of piperidine rings is 1. The Balaban J connectivity index is 0.00000480. The Morgan fingerprint density at radius 1 is 1.11 bits per heavy atom. The topological polar surface area (TPSA) is 117 Å². The maximum atomic E-state index is 13.8. The number of nitrogens with zero attached hydrogens (tertiary/aromatic N) is 6. The number of anilines is 1. The number of rotatable bonds is 7. The summed E-state index contributed by atoms with van der Waals surface area (Å²) in [6, 6.07) is 4.46. The molecular formula is C30H35Cl2F3N8O3. The summed E-state index contributed by atoms with van der Waals surface area (Å²) in [5, 5.41) is 9.71. The van der Waals surface area contributed by atoms with Crippen molar-refractivity contribution in [2.75, 3.05) is 44.6 Å². The van der Waals surface area contributed by atoms with Crippen LogP contribution in [0.3, 0.4) is 0 Å². The van der Waals surface area contributed by atoms with E-state index in [2.05, 4.69) is 20.7 Å². The van der Waals surface area contributed by atoms with E-state index in [4.69, 9.17) is 11.6 Å². The van der Waals surface area contributed by atoms with Gasteiger partial charge in [0, 0.05) is 51.0 Å². The zero-order valence-corrected chi connectivity index (χ0v) is 26.9. The van der Waals surface area contributed by atoms with E-state index in [9.17, 15) is 27.6 Å². The highest BCUT2D eigenvalue weighted by atomic mass is 35.5. The molecule has 0 aliphatic carbocycles. The second-order valence-corrected chi connectivity index (χ2v) is 11.4. The molecule has 4 heterocycles. The highest BCUT2D eigenvalue weighted by molar-refractivity contribution is 6.34. The molecule has 0 radical (unpaired) electrons. The highest BCUT2D eigenvalue weighted by Crippen LogP contribution is 2.36. The molecule has 0 atom stereocenters. The number of halogens is 5. The van der Waals surface area contributed by atoms with Crippen molar-refractivity contribution >= 4 is 47.4 Å². The normalized spacial score (nSPS) is 16.0. The third kappa shape index (κ3) is 7.56. The molecule has 2 fully saturated rings. The molecule has 11 nitrogen and oxygen atoms in total. The number of aromatic nitrogens is 4. The first kappa shape index (κ1) is 35.0. The fourth-order valence-electron chi connectivity index (χ4n) is 5.58. The van der Waals surface area contributed by atoms with Crippen LogP contribution in [0.1, 0.15) is 46.4 Å². The van der Waals surface area contributed by atoms with Gasteiger partial charge in [-0.05, 0) is 51.1 Å². The average Bonchev–Trinajstić information content (AvgIpc) is 3.63. The SMILES string of the molecule is CC=CCn1cc(-c2cnc(C(=O)Nc3ccc(C(=O)N4CCN(C(=O)C5CCNCC5)CC4)c(Cl)c3)n2C)c(C(F)(F)F)n1.Cl. The zero-order valence-electron chi connectivity index (χ0n) is 25.3. The van der Waals surface area contributed by atoms with Gasteiger partial charge in [-0.15, -0.1) is 12.4 Å². The number of carbonyl (C=O) groups is 3. The number of hydrogen-bond donors (Lipinski definition) is 2. The lowest BCUT2D eigenvalue weighted by atomic mass is 9.96. The molecule has 0 spiro atoms. The number of allylic oxidation sites excluding steroid dienone is 2. The average molecular weight is 684 g/mol. The van der Waals surface area contributed by atoms with Crippen molar-refractivity contribution in [3.8, 4) is 11.3 Å². The molecule has 46 heavy (non-hydrogen) atoms. The van der Waals surface area contributed by atoms with Crippen LogP contribution in [0, 0.1) is 5.92 Å². The maximum absolute atomic E-state index is 13.8. The van der Waals surface area contributed by atoms with Crippen LogP contribution in [-0.2, 0) is 24.6 Å². The van der Waals surface area contributed by atoms with Gasteiger partial charge in [0.2, 0.25) is 5.91 Å². The predicted molar refractivity (Wildman–Crippen MR) is 169 cm³/mol. The Kier molecular flexibility index (Phi) is 11.2. The number of nitrogens with one attached hydrogen (secondary N) is 2. The van der Waals surface area contributed by atoms with Gasteiger partial charge in [-0.1, -0.05) is 23.8 Å². The molecular weight excluding hydrogens is 648 g/mol. The number of piperazine rings is 1. The molecule has 0 saturated carbocycles. The maximum Gasteiger partial charge on any atom is 0.435 e. The lowest BCUT2D eigenvalue weighted by molar-refractivity contribution is -0.141. The van der Waals surface area contributed by atoms with Crippen molar-refractivity contribution in [1.82, 2.24) is 34.4 Å². The molecule has 1 aromatic carbocycles. The Hall–Kier alpha value is -3.88. The fourth-order valence-corrected chi connectivity index (χ4v) is 5.84. The van der Waals surface area contributed by atoms with Crippen LogP contribution in [0.15, 0.2) is 42.7 Å². The smallest absolute Gasteiger partial charge is 0.339 e. The number of benzene rings is 1. The first-order chi connectivity index (χ1) is 21.5. The van der Waals surface area contributed by atoms with Gasteiger partial charge in [-0.25, -0.2) is 4.98 Å². The quantitative estimate of drug-likeness (QED) is 0.355. The summed E-state index contributed by atoms with van der Waals surface area (Å²) in [5.74, 6) is -0.929. The number of amides is 3. The molecule has 0 bridgehead atoms. The van der Waals surface area contributed by atoms with Gasteiger partial charge in [0.05, 0.1) is 34.6 Å². The van der Waals surface area contributed by atoms with Crippen LogP contribution in [-0.4, -0.2) is 86.1 Å². The van der Waals surface area contributed by atoms with Gasteiger partial charge in [-0.3, -0.25) is 19.1 Å². The van der Waals surface area contributed by atoms with Crippen LogP contribution < -0.4 is 10.6 Å². The second-order valence-electron chi connectivity index (χ2n) is 11.0. The molecule has 2 aliphatic heterocycles. The van der Waals surface area contributed by atoms with Crippen molar-refractivity contribution in [3.63, 3.8) is 0 Å². The summed E-state index contributed by atoms with van der Waals surface area (Å²) in [6.07, 6.45) is 2.76. The van der Waals surface area contributed by atoms with Gasteiger partial charge in [0.15, 0.2) is 11.5 Å². The predicted octanol–water partition coefficient (Wildman–Crippen LogP) is 4.49. The number of hydrogen-bond acceptors (Lipinski definition) is 6. The van der Waals surface area contributed by atoms with Crippen LogP contribution in [0.25, 0.3) is 11.3 Å². The van der Waals surface area contributed by atoms with E-state index in [0.717, 1.165) is 25.9 Å². The molecule has 3 aromatic rings. The molecule has 2 aliphatic rings. The molecule has 5 rings (SSSR count). The molecule has 2 aromatic heterocycles. The number of imidazole rings is 1. The van der Waals surface area contributed by atoms with Crippen LogP contribution in [0.5, 0.6) is 0 Å². The minimum atomic E-state index is -4.71. The molecule has 3 amide bonds. The van der Waals surface area contributed by atoms with Gasteiger partial charge >= 0.3 is 6.18 Å². The second kappa shape index (κ2) is 14.7. The van der Waals surface area contributed by atoms with Crippen molar-refractivity contribution in [2.24, 2.45) is 13.0 Å². The summed E-state index contributed by atoms with van der Waals surface area (Å²) in [7, 11) is 1.44. The molecule has 16 heteroatoms. The van der Waals surface area contributed by atoms with Crippen molar-refractivity contribution in [1.29, 1.82) is 0 Å². The monoisotopic (exact) mass is 682 g/mol. The van der Waals surface area contributed by atoms with Gasteiger partial charge in [0.25, 0.3) is 11.8 Å². The first-order valence-electron chi connectivity index (χ1n) is 14.7. The summed E-state index contributed by atoms with van der Waals surface area (Å²) < 4.78 is 43.7. The number of carbonyl (C=O) groups excluding carboxylic acids is 3. The first-order valence-corrected chi connectivity index (χ1v) is 15.0. The summed E-state index contributed by atoms with van der Waals surface area (Å²) in [4.78, 5) is 46.7. The Morgan fingerprint density at radius 2 is 1.78 bits per heavy atom. The van der Waals surface area contributed by atoms with Gasteiger partial charge < -0.3 is 25.0 Å². The van der Waals surface area contributed by atoms with Crippen molar-refractivity contribution in [2.45, 2.75) is 32.5 Å². The minimum absolute atomic E-state index is 0. The van der Waals surface area contributed by atoms with E-state index in [-0.39, 0.29) is 70.0 Å². The largest absolute Gasteiger partial charge is 0.435 e. The van der Waals surface area contributed by atoms with E-state index in [1.165, 1.54) is 46.9 Å². The van der Waals surface area contributed by atoms with Crippen molar-refractivity contribution in [3.05, 3.63) is 64.8 Å². The summed E-state index contributed by atoms with van der Waals surface area (Å²) in [5.41, 5.74) is -0.691. The molecule has 0 unspecified atom stereocenters. The van der Waals surface area contributed by atoms with Gasteiger partial charge in [-0.2, -0.15) is 18.3 Å². The lowest BCUT2D eigenvalue weighted by Crippen LogP contribution is -2.52. The number of alkyl halides is 3. The van der Waals surface area contributed by atoms with E-state index in [1.54, 1.807) is 24.0 Å². The van der Waals surface area contributed by atoms with E-state index in [1.807, 2.05) is 4.90 Å². The molecule has 248 valence electrons. The fraction of sp³-hybridized carbons (Fsp3) is 0.433. The van der Waals surface area contributed by atoms with Crippen molar-refractivity contribution < 1.29 is 27.6 Å².